The number of nitrogens with two attached hydrogens (primary N) is 1. The summed E-state index contributed by atoms with van der Waals surface area (Å²) in [5.74, 6) is 0.586. The Morgan fingerprint density at radius 3 is 2.90 bits per heavy atom. The van der Waals surface area contributed by atoms with Crippen LogP contribution >= 0.6 is 22.9 Å². The number of carbonyl (C=O) groups is 1. The van der Waals surface area contributed by atoms with E-state index in [1.54, 1.807) is 11.3 Å². The van der Waals surface area contributed by atoms with Crippen LogP contribution in [0.25, 0.3) is 10.4 Å². The van der Waals surface area contributed by atoms with Crippen LogP contribution in [0.3, 0.4) is 0 Å². The summed E-state index contributed by atoms with van der Waals surface area (Å²) in [7, 11) is 2.02. The molecule has 3 aromatic rings. The molecular formula is C22H26ClN5O2S. The van der Waals surface area contributed by atoms with Gasteiger partial charge in [0.05, 0.1) is 11.4 Å². The number of oxazole rings is 1. The van der Waals surface area contributed by atoms with Crippen LogP contribution in [-0.2, 0) is 13.0 Å². The van der Waals surface area contributed by atoms with E-state index in [-0.39, 0.29) is 23.9 Å². The van der Waals surface area contributed by atoms with Gasteiger partial charge in [0.15, 0.2) is 5.78 Å². The van der Waals surface area contributed by atoms with Crippen molar-refractivity contribution >= 4 is 34.7 Å². The molecule has 3 heterocycles. The molecule has 164 valence electrons. The van der Waals surface area contributed by atoms with Crippen LogP contribution in [0, 0.1) is 5.92 Å². The normalized spacial score (nSPS) is 15.4. The van der Waals surface area contributed by atoms with Crippen LogP contribution in [0.5, 0.6) is 0 Å². The molecule has 4 rings (SSSR count). The van der Waals surface area contributed by atoms with Crippen LogP contribution in [0.15, 0.2) is 35.1 Å². The van der Waals surface area contributed by atoms with Crippen molar-refractivity contribution in [3.05, 3.63) is 51.9 Å². The van der Waals surface area contributed by atoms with Crippen LogP contribution in [0.4, 0.5) is 6.01 Å². The van der Waals surface area contributed by atoms with E-state index >= 15 is 0 Å². The highest BCUT2D eigenvalue weighted by molar-refractivity contribution is 7.15. The number of hydrogen-bond acceptors (Lipinski definition) is 8. The van der Waals surface area contributed by atoms with Crippen molar-refractivity contribution in [1.82, 2.24) is 20.2 Å². The lowest BCUT2D eigenvalue weighted by molar-refractivity contribution is 0.0988. The zero-order chi connectivity index (χ0) is 21.8. The van der Waals surface area contributed by atoms with Gasteiger partial charge in [0.25, 0.3) is 6.01 Å². The van der Waals surface area contributed by atoms with Gasteiger partial charge in [-0.1, -0.05) is 17.7 Å². The average Bonchev–Trinajstić information content (AvgIpc) is 3.40. The number of thiazole rings is 1. The minimum Gasteiger partial charge on any atom is -0.432 e. The lowest BCUT2D eigenvalue weighted by Gasteiger charge is -2.31. The molecule has 1 aliphatic rings. The van der Waals surface area contributed by atoms with Crippen LogP contribution < -0.4 is 11.1 Å². The van der Waals surface area contributed by atoms with Gasteiger partial charge in [-0.15, -0.1) is 11.3 Å². The van der Waals surface area contributed by atoms with Gasteiger partial charge in [0.2, 0.25) is 0 Å². The van der Waals surface area contributed by atoms with E-state index in [1.807, 2.05) is 31.4 Å². The number of nitrogens with zero attached hydrogens (tertiary/aromatic N) is 3. The molecule has 0 spiro atoms. The molecule has 0 bridgehead atoms. The predicted molar refractivity (Wildman–Crippen MR) is 123 cm³/mol. The highest BCUT2D eigenvalue weighted by atomic mass is 35.5. The van der Waals surface area contributed by atoms with E-state index in [1.165, 1.54) is 19.1 Å². The van der Waals surface area contributed by atoms with Crippen molar-refractivity contribution in [3.8, 4) is 10.4 Å². The van der Waals surface area contributed by atoms with E-state index < -0.39 is 0 Å². The minimum atomic E-state index is -0.189. The molecule has 2 aromatic heterocycles. The molecule has 0 aliphatic carbocycles. The summed E-state index contributed by atoms with van der Waals surface area (Å²) in [5, 5.41) is 4.93. The van der Waals surface area contributed by atoms with Crippen molar-refractivity contribution in [2.45, 2.75) is 25.8 Å². The highest BCUT2D eigenvalue weighted by Gasteiger charge is 2.20. The number of nitrogens with one attached hydrogen (secondary N) is 1. The van der Waals surface area contributed by atoms with Crippen molar-refractivity contribution < 1.29 is 9.21 Å². The summed E-state index contributed by atoms with van der Waals surface area (Å²) in [4.78, 5) is 24.5. The van der Waals surface area contributed by atoms with Crippen molar-refractivity contribution in [2.75, 3.05) is 32.4 Å². The summed E-state index contributed by atoms with van der Waals surface area (Å²) >= 11 is 8.03. The zero-order valence-corrected chi connectivity index (χ0v) is 19.0. The van der Waals surface area contributed by atoms with E-state index in [0.717, 1.165) is 53.1 Å². The van der Waals surface area contributed by atoms with Crippen molar-refractivity contribution in [2.24, 2.45) is 5.92 Å². The summed E-state index contributed by atoms with van der Waals surface area (Å²) < 4.78 is 4.93. The smallest absolute Gasteiger partial charge is 0.292 e. The van der Waals surface area contributed by atoms with Gasteiger partial charge in [-0.25, -0.2) is 4.98 Å². The maximum absolute atomic E-state index is 12.5. The van der Waals surface area contributed by atoms with Gasteiger partial charge in [-0.3, -0.25) is 9.69 Å². The molecule has 0 radical (unpaired) electrons. The molecular weight excluding hydrogens is 434 g/mol. The van der Waals surface area contributed by atoms with E-state index in [0.29, 0.717) is 5.02 Å². The fourth-order valence-corrected chi connectivity index (χ4v) is 5.03. The first-order chi connectivity index (χ1) is 15.0. The number of hydrogen-bond donors (Lipinski definition) is 2. The highest BCUT2D eigenvalue weighted by Crippen LogP contribution is 2.31. The molecule has 1 saturated heterocycles. The summed E-state index contributed by atoms with van der Waals surface area (Å²) in [6.45, 7) is 4.20. The molecule has 7 nitrogen and oxygen atoms in total. The summed E-state index contributed by atoms with van der Waals surface area (Å²) in [6, 6.07) is 5.71. The molecule has 3 N–H and O–H groups in total. The number of halogens is 1. The van der Waals surface area contributed by atoms with Crippen LogP contribution in [0.1, 0.15) is 33.9 Å². The number of nitrogen functional groups attached to an aromatic ring is 1. The maximum Gasteiger partial charge on any atom is 0.292 e. The Morgan fingerprint density at radius 1 is 1.39 bits per heavy atom. The number of piperidine rings is 1. The van der Waals surface area contributed by atoms with E-state index in [2.05, 4.69) is 20.2 Å². The first kappa shape index (κ1) is 22.0. The minimum absolute atomic E-state index is 0.0216. The molecule has 1 aromatic carbocycles. The first-order valence-corrected chi connectivity index (χ1v) is 11.6. The average molecular weight is 460 g/mol. The number of Topliss-reactive ketones (excluding diaryl/α,β-unsaturated/α-hetero) is 1. The third-order valence-electron chi connectivity index (χ3n) is 5.60. The predicted octanol–water partition coefficient (Wildman–Crippen LogP) is 3.89. The second-order valence-electron chi connectivity index (χ2n) is 7.87. The third kappa shape index (κ3) is 5.51. The van der Waals surface area contributed by atoms with Crippen molar-refractivity contribution in [3.63, 3.8) is 0 Å². The Hall–Kier alpha value is -2.26. The molecule has 0 saturated carbocycles. The number of carbonyl (C=O) groups excluding carboxylic acids is 1. The molecule has 0 unspecified atom stereocenters. The molecule has 31 heavy (non-hydrogen) atoms. The standard InChI is InChI=1S/C22H26ClN5O2S/c1-25-10-14-4-6-28(7-5-14)12-21-26-11-20(31-21)15-2-3-17(23)16(8-15)9-19(29)18-13-30-22(24)27-18/h2-3,8,11,13-14,25H,4-7,9-10,12H2,1H3,(H2,24,27). The summed E-state index contributed by atoms with van der Waals surface area (Å²) in [5.41, 5.74) is 7.41. The maximum atomic E-state index is 12.5. The molecule has 1 aliphatic heterocycles. The Balaban J connectivity index is 1.41. The first-order valence-electron chi connectivity index (χ1n) is 10.4. The monoisotopic (exact) mass is 459 g/mol. The largest absolute Gasteiger partial charge is 0.432 e. The van der Waals surface area contributed by atoms with Gasteiger partial charge in [-0.05, 0) is 68.7 Å². The fourth-order valence-electron chi connectivity index (χ4n) is 3.89. The Kier molecular flexibility index (Phi) is 7.02. The van der Waals surface area contributed by atoms with Gasteiger partial charge >= 0.3 is 0 Å². The molecule has 0 atom stereocenters. The van der Waals surface area contributed by atoms with E-state index in [9.17, 15) is 4.79 Å². The van der Waals surface area contributed by atoms with Crippen LogP contribution in [-0.4, -0.2) is 47.3 Å². The van der Waals surface area contributed by atoms with Crippen molar-refractivity contribution in [1.29, 1.82) is 0 Å². The Morgan fingerprint density at radius 2 is 2.19 bits per heavy atom. The topological polar surface area (TPSA) is 97.3 Å². The van der Waals surface area contributed by atoms with Gasteiger partial charge < -0.3 is 15.5 Å². The second kappa shape index (κ2) is 9.91. The summed E-state index contributed by atoms with van der Waals surface area (Å²) in [6.07, 6.45) is 5.76. The Bertz CT molecular complexity index is 1040. The number of rotatable bonds is 8. The zero-order valence-electron chi connectivity index (χ0n) is 17.4. The number of benzene rings is 1. The quantitative estimate of drug-likeness (QED) is 0.493. The molecule has 9 heteroatoms. The van der Waals surface area contributed by atoms with Gasteiger partial charge in [0, 0.05) is 17.6 Å². The SMILES string of the molecule is CNCC1CCN(Cc2ncc(-c3ccc(Cl)c(CC(=O)c4coc(N)n4)c3)s2)CC1. The lowest BCUT2D eigenvalue weighted by atomic mass is 9.97. The van der Waals surface area contributed by atoms with Gasteiger partial charge in [-0.2, -0.15) is 4.98 Å². The number of anilines is 1. The molecule has 1 fully saturated rings. The number of aromatic nitrogens is 2. The lowest BCUT2D eigenvalue weighted by Crippen LogP contribution is -2.36. The Labute approximate surface area is 190 Å². The van der Waals surface area contributed by atoms with Gasteiger partial charge in [0.1, 0.15) is 17.0 Å². The second-order valence-corrected chi connectivity index (χ2v) is 9.39. The van der Waals surface area contributed by atoms with Crippen LogP contribution in [0.2, 0.25) is 5.02 Å². The third-order valence-corrected chi connectivity index (χ3v) is 7.00. The van der Waals surface area contributed by atoms with E-state index in [4.69, 9.17) is 21.8 Å². The number of ketones is 1. The number of likely N-dealkylation sites (tertiary alicyclic amines) is 1. The molecule has 0 amide bonds. The fraction of sp³-hybridized carbons (Fsp3) is 0.409.